The summed E-state index contributed by atoms with van der Waals surface area (Å²) >= 11 is 1.46. The molecule has 54 heavy (non-hydrogen) atoms. The summed E-state index contributed by atoms with van der Waals surface area (Å²) in [5.74, 6) is 1.98. The van der Waals surface area contributed by atoms with Crippen molar-refractivity contribution in [2.24, 2.45) is 5.92 Å². The number of carbonyl (C=O) groups excluding carboxylic acids is 1. The molecule has 4 unspecified atom stereocenters. The van der Waals surface area contributed by atoms with Gasteiger partial charge in [0.05, 0.1) is 18.8 Å². The van der Waals surface area contributed by atoms with Crippen molar-refractivity contribution in [1.82, 2.24) is 5.32 Å². The van der Waals surface area contributed by atoms with Gasteiger partial charge in [0.2, 0.25) is 0 Å². The van der Waals surface area contributed by atoms with E-state index in [9.17, 15) is 15.1 Å². The van der Waals surface area contributed by atoms with E-state index >= 15 is 0 Å². The summed E-state index contributed by atoms with van der Waals surface area (Å²) in [4.78, 5) is 12.9. The van der Waals surface area contributed by atoms with Gasteiger partial charge in [0, 0.05) is 41.6 Å². The van der Waals surface area contributed by atoms with Crippen LogP contribution in [-0.4, -0.2) is 23.0 Å². The van der Waals surface area contributed by atoms with Crippen molar-refractivity contribution in [3.05, 3.63) is 179 Å². The molecule has 1 aromatic heterocycles. The van der Waals surface area contributed by atoms with Crippen LogP contribution in [0.25, 0.3) is 11.1 Å². The Kier molecular flexibility index (Phi) is 11.9. The van der Waals surface area contributed by atoms with Gasteiger partial charge in [0.1, 0.15) is 11.5 Å². The number of aliphatic hydroxyl groups is 1. The lowest BCUT2D eigenvalue weighted by molar-refractivity contribution is -0.645. The van der Waals surface area contributed by atoms with Gasteiger partial charge in [-0.1, -0.05) is 110 Å². The number of nitrogens with one attached hydrogen (secondary N) is 2. The number of urea groups is 1. The van der Waals surface area contributed by atoms with Gasteiger partial charge in [0.15, 0.2) is 12.5 Å². The number of benzene rings is 5. The van der Waals surface area contributed by atoms with Gasteiger partial charge < -0.3 is 35.2 Å². The Labute approximate surface area is 319 Å². The van der Waals surface area contributed by atoms with Crippen molar-refractivity contribution in [3.8, 4) is 22.6 Å². The highest BCUT2D eigenvalue weighted by Crippen LogP contribution is 2.43. The van der Waals surface area contributed by atoms with Crippen LogP contribution in [0.15, 0.2) is 157 Å². The Bertz CT molecular complexity index is 2130. The molecule has 0 spiro atoms. The fraction of sp³-hybridized carbons (Fsp3) is 0.182. The zero-order valence-corrected chi connectivity index (χ0v) is 30.5. The lowest BCUT2D eigenvalue weighted by Gasteiger charge is -2.41. The summed E-state index contributed by atoms with van der Waals surface area (Å²) < 4.78 is 20.0. The fourth-order valence-electron chi connectivity index (χ4n) is 6.36. The zero-order valence-electron chi connectivity index (χ0n) is 29.7. The number of aliphatic hydroxyl groups excluding tert-OH is 1. The molecule has 5 aromatic carbocycles. The van der Waals surface area contributed by atoms with Gasteiger partial charge in [0.25, 0.3) is 5.03 Å². The van der Waals surface area contributed by atoms with E-state index in [4.69, 9.17) is 14.2 Å². The highest BCUT2D eigenvalue weighted by atomic mass is 32.2. The number of anilines is 1. The number of amides is 2. The molecule has 1 fully saturated rings. The molecular weight excluding hydrogens is 699 g/mol. The average molecular weight is 740 g/mol. The van der Waals surface area contributed by atoms with Crippen LogP contribution in [-0.2, 0) is 22.6 Å². The molecule has 274 valence electrons. The van der Waals surface area contributed by atoms with Gasteiger partial charge in [-0.3, -0.25) is 0 Å². The predicted molar refractivity (Wildman–Crippen MR) is 210 cm³/mol. The van der Waals surface area contributed by atoms with Crippen LogP contribution in [0.3, 0.4) is 0 Å². The number of nitrogens with zero attached hydrogens (tertiary/aromatic N) is 1. The normalized spacial score (nSPS) is 18.1. The molecule has 1 aliphatic heterocycles. The lowest BCUT2D eigenvalue weighted by Crippen LogP contribution is -2.39. The maximum atomic E-state index is 12.9. The maximum Gasteiger partial charge on any atom is 0.319 e. The van der Waals surface area contributed by atoms with Gasteiger partial charge in [-0.25, -0.2) is 4.79 Å². The van der Waals surface area contributed by atoms with E-state index in [1.807, 2.05) is 127 Å². The minimum Gasteiger partial charge on any atom is -0.618 e. The van der Waals surface area contributed by atoms with Crippen LogP contribution in [0.4, 0.5) is 10.5 Å². The molecule has 3 N–H and O–H groups in total. The molecule has 0 aliphatic carbocycles. The molecule has 1 saturated heterocycles. The van der Waals surface area contributed by atoms with E-state index in [1.165, 1.54) is 18.0 Å². The summed E-state index contributed by atoms with van der Waals surface area (Å²) in [6.07, 6.45) is 0.377. The molecule has 10 heteroatoms. The predicted octanol–water partition coefficient (Wildman–Crippen LogP) is 9.18. The van der Waals surface area contributed by atoms with Crippen LogP contribution in [0.2, 0.25) is 0 Å². The molecule has 2 amide bonds. The van der Waals surface area contributed by atoms with Crippen LogP contribution in [0.1, 0.15) is 41.6 Å². The van der Waals surface area contributed by atoms with E-state index in [1.54, 1.807) is 18.2 Å². The number of hydrogen-bond acceptors (Lipinski definition) is 7. The van der Waals surface area contributed by atoms with Crippen molar-refractivity contribution in [2.45, 2.75) is 43.6 Å². The van der Waals surface area contributed by atoms with Crippen LogP contribution < -0.4 is 20.1 Å². The van der Waals surface area contributed by atoms with Gasteiger partial charge in [-0.2, -0.15) is 4.73 Å². The number of carbonyl (C=O) groups is 1. The van der Waals surface area contributed by atoms with Crippen molar-refractivity contribution in [1.29, 1.82) is 0 Å². The molecule has 0 radical (unpaired) electrons. The Balaban J connectivity index is 1.02. The van der Waals surface area contributed by atoms with E-state index in [-0.39, 0.29) is 30.8 Å². The molecule has 7 rings (SSSR count). The Morgan fingerprint density at radius 3 is 2.22 bits per heavy atom. The van der Waals surface area contributed by atoms with Crippen molar-refractivity contribution >= 4 is 23.5 Å². The largest absolute Gasteiger partial charge is 0.618 e. The molecule has 4 atom stereocenters. The second-order valence-electron chi connectivity index (χ2n) is 13.0. The number of hydrogen-bond donors (Lipinski definition) is 3. The topological polar surface area (TPSA) is 116 Å². The number of aromatic nitrogens is 1. The summed E-state index contributed by atoms with van der Waals surface area (Å²) in [6.45, 7) is 2.40. The molecule has 0 saturated carbocycles. The summed E-state index contributed by atoms with van der Waals surface area (Å²) in [7, 11) is 0. The SMILES string of the molecule is CC1C(CSc2cccc[n+]2[O-])OC(c2ccc(-c3ccccc3CNC(=O)Nc3ccc(Oc4ccccc4)cc3)cc2)OC1c1ccc(CO)cc1. The quantitative estimate of drug-likeness (QED) is 0.0651. The number of thioether (sulfide) groups is 1. The highest BCUT2D eigenvalue weighted by Gasteiger charge is 2.38. The highest BCUT2D eigenvalue weighted by molar-refractivity contribution is 7.99. The van der Waals surface area contributed by atoms with E-state index in [2.05, 4.69) is 17.6 Å². The van der Waals surface area contributed by atoms with E-state index < -0.39 is 6.29 Å². The third-order valence-corrected chi connectivity index (χ3v) is 10.5. The minimum absolute atomic E-state index is 0.0126. The second-order valence-corrected chi connectivity index (χ2v) is 14.1. The first-order chi connectivity index (χ1) is 26.4. The van der Waals surface area contributed by atoms with Crippen molar-refractivity contribution < 1.29 is 28.8 Å². The lowest BCUT2D eigenvalue weighted by atomic mass is 9.91. The Morgan fingerprint density at radius 2 is 1.48 bits per heavy atom. The van der Waals surface area contributed by atoms with E-state index in [0.717, 1.165) is 43.9 Å². The third-order valence-electron chi connectivity index (χ3n) is 9.35. The average Bonchev–Trinajstić information content (AvgIpc) is 3.21. The second kappa shape index (κ2) is 17.5. The van der Waals surface area contributed by atoms with Crippen LogP contribution in [0.5, 0.6) is 11.5 Å². The Hall–Kier alpha value is -5.65. The van der Waals surface area contributed by atoms with Gasteiger partial charge >= 0.3 is 6.03 Å². The van der Waals surface area contributed by atoms with Crippen LogP contribution >= 0.6 is 11.8 Å². The molecule has 9 nitrogen and oxygen atoms in total. The fourth-order valence-corrected chi connectivity index (χ4v) is 7.44. The van der Waals surface area contributed by atoms with Crippen molar-refractivity contribution in [2.75, 3.05) is 11.1 Å². The van der Waals surface area contributed by atoms with E-state index in [0.29, 0.717) is 28.8 Å². The van der Waals surface area contributed by atoms with Gasteiger partial charge in [-0.05, 0) is 70.3 Å². The number of para-hydroxylation sites is 1. The standard InChI is InChI=1S/C44H41N3O6S/c1-30-40(29-54-41-13-7-8-26-47(41)50)52-43(53-42(30)33-16-14-31(28-48)15-17-33)34-20-18-32(19-21-34)39-12-6-5-9-35(39)27-45-44(49)46-36-22-24-38(25-23-36)51-37-10-3-2-4-11-37/h2-26,30,40,42-43,48H,27-29H2,1H3,(H2,45,46,49). The first kappa shape index (κ1) is 36.7. The summed E-state index contributed by atoms with van der Waals surface area (Å²) in [5, 5.41) is 28.4. The molecule has 6 aromatic rings. The molecule has 0 bridgehead atoms. The van der Waals surface area contributed by atoms with Crippen molar-refractivity contribution in [3.63, 3.8) is 0 Å². The third kappa shape index (κ3) is 9.10. The Morgan fingerprint density at radius 1 is 0.796 bits per heavy atom. The van der Waals surface area contributed by atoms with Gasteiger partial charge in [-0.15, -0.1) is 0 Å². The van der Waals surface area contributed by atoms with Crippen LogP contribution in [0, 0.1) is 11.1 Å². The summed E-state index contributed by atoms with van der Waals surface area (Å²) in [5.41, 5.74) is 6.29. The molecule has 1 aliphatic rings. The zero-order chi connectivity index (χ0) is 37.3. The minimum atomic E-state index is -0.641. The maximum absolute atomic E-state index is 12.9. The number of rotatable bonds is 12. The first-order valence-electron chi connectivity index (χ1n) is 17.8. The molecular formula is C44H41N3O6S. The smallest absolute Gasteiger partial charge is 0.319 e. The molecule has 2 heterocycles. The summed E-state index contributed by atoms with van der Waals surface area (Å²) in [6, 6.07) is 45.7. The number of ether oxygens (including phenoxy) is 3. The number of pyridine rings is 1. The first-order valence-corrected chi connectivity index (χ1v) is 18.8. The monoisotopic (exact) mass is 739 g/mol.